The highest BCUT2D eigenvalue weighted by molar-refractivity contribution is 5.32. The number of hydrogen-bond donors (Lipinski definition) is 1. The van der Waals surface area contributed by atoms with Crippen molar-refractivity contribution in [2.75, 3.05) is 19.6 Å². The smallest absolute Gasteiger partial charge is 0.323 e. The summed E-state index contributed by atoms with van der Waals surface area (Å²) in [5.41, 5.74) is 5.66. The summed E-state index contributed by atoms with van der Waals surface area (Å²) in [5.74, 6) is 0.710. The third kappa shape index (κ3) is 4.71. The highest BCUT2D eigenvalue weighted by Gasteiger charge is 2.34. The van der Waals surface area contributed by atoms with Crippen LogP contribution in [0.25, 0.3) is 0 Å². The average Bonchev–Trinajstić information content (AvgIpc) is 3.22. The fraction of sp³-hybridized carbons (Fsp3) is 0.625. The van der Waals surface area contributed by atoms with E-state index in [1.54, 1.807) is 6.07 Å². The monoisotopic (exact) mass is 300 g/mol. The summed E-state index contributed by atoms with van der Waals surface area (Å²) < 4.78 is 39.1. The van der Waals surface area contributed by atoms with Crippen LogP contribution in [0.2, 0.25) is 0 Å². The number of benzene rings is 1. The molecule has 2 N–H and O–H groups in total. The van der Waals surface area contributed by atoms with Crippen molar-refractivity contribution in [2.45, 2.75) is 38.4 Å². The lowest BCUT2D eigenvalue weighted by Crippen LogP contribution is -2.35. The fourth-order valence-electron chi connectivity index (χ4n) is 2.69. The molecule has 118 valence electrons. The standard InChI is InChI=1S/C16H23F3N2/c1-2-9-21(10-12-7-8-12)11-15(20)13-5-3-4-6-14(13)16(17,18)19/h3-6,12,15H,2,7-11,20H2,1H3. The Balaban J connectivity index is 2.09. The van der Waals surface area contributed by atoms with Gasteiger partial charge in [0.15, 0.2) is 0 Å². The minimum absolute atomic E-state index is 0.196. The third-order valence-corrected chi connectivity index (χ3v) is 3.87. The van der Waals surface area contributed by atoms with Gasteiger partial charge < -0.3 is 10.6 Å². The number of hydrogen-bond acceptors (Lipinski definition) is 2. The number of nitrogens with zero attached hydrogens (tertiary/aromatic N) is 1. The number of alkyl halides is 3. The van der Waals surface area contributed by atoms with Crippen molar-refractivity contribution < 1.29 is 13.2 Å². The summed E-state index contributed by atoms with van der Waals surface area (Å²) in [6, 6.07) is 5.03. The van der Waals surface area contributed by atoms with E-state index in [1.165, 1.54) is 25.0 Å². The van der Waals surface area contributed by atoms with Gasteiger partial charge in [-0.05, 0) is 43.4 Å². The van der Waals surface area contributed by atoms with Crippen LogP contribution in [0.1, 0.15) is 43.4 Å². The summed E-state index contributed by atoms with van der Waals surface area (Å²) in [5, 5.41) is 0. The molecule has 1 aliphatic carbocycles. The van der Waals surface area contributed by atoms with E-state index >= 15 is 0 Å². The first kappa shape index (κ1) is 16.3. The van der Waals surface area contributed by atoms with Gasteiger partial charge in [-0.25, -0.2) is 0 Å². The lowest BCUT2D eigenvalue weighted by atomic mass is 10.00. The van der Waals surface area contributed by atoms with Gasteiger partial charge in [0.25, 0.3) is 0 Å². The number of halogens is 3. The first-order chi connectivity index (χ1) is 9.91. The molecule has 1 aromatic carbocycles. The average molecular weight is 300 g/mol. The van der Waals surface area contributed by atoms with E-state index in [0.717, 1.165) is 25.6 Å². The highest BCUT2D eigenvalue weighted by atomic mass is 19.4. The van der Waals surface area contributed by atoms with Crippen LogP contribution in [0, 0.1) is 5.92 Å². The molecule has 2 rings (SSSR count). The SMILES string of the molecule is CCCN(CC1CC1)CC(N)c1ccccc1C(F)(F)F. The molecule has 0 aromatic heterocycles. The zero-order valence-corrected chi connectivity index (χ0v) is 12.4. The largest absolute Gasteiger partial charge is 0.416 e. The van der Waals surface area contributed by atoms with Crippen LogP contribution >= 0.6 is 0 Å². The zero-order chi connectivity index (χ0) is 15.5. The predicted molar refractivity (Wildman–Crippen MR) is 77.8 cm³/mol. The van der Waals surface area contributed by atoms with Gasteiger partial charge in [0.2, 0.25) is 0 Å². The lowest BCUT2D eigenvalue weighted by Gasteiger charge is -2.27. The van der Waals surface area contributed by atoms with E-state index in [1.807, 2.05) is 0 Å². The van der Waals surface area contributed by atoms with E-state index in [4.69, 9.17) is 5.73 Å². The van der Waals surface area contributed by atoms with Crippen molar-refractivity contribution in [3.63, 3.8) is 0 Å². The minimum Gasteiger partial charge on any atom is -0.323 e. The minimum atomic E-state index is -4.35. The molecule has 1 unspecified atom stereocenters. The molecule has 0 spiro atoms. The van der Waals surface area contributed by atoms with E-state index in [-0.39, 0.29) is 5.56 Å². The van der Waals surface area contributed by atoms with E-state index < -0.39 is 17.8 Å². The Hall–Kier alpha value is -1.07. The molecule has 0 saturated heterocycles. The van der Waals surface area contributed by atoms with Gasteiger partial charge in [-0.1, -0.05) is 25.1 Å². The fourth-order valence-corrected chi connectivity index (χ4v) is 2.69. The van der Waals surface area contributed by atoms with Gasteiger partial charge in [0, 0.05) is 19.1 Å². The maximum absolute atomic E-state index is 13.0. The molecule has 1 saturated carbocycles. The van der Waals surface area contributed by atoms with E-state index in [9.17, 15) is 13.2 Å². The van der Waals surface area contributed by atoms with Crippen molar-refractivity contribution in [1.29, 1.82) is 0 Å². The highest BCUT2D eigenvalue weighted by Crippen LogP contribution is 2.35. The Morgan fingerprint density at radius 3 is 2.52 bits per heavy atom. The Labute approximate surface area is 124 Å². The number of rotatable bonds is 7. The third-order valence-electron chi connectivity index (χ3n) is 3.87. The van der Waals surface area contributed by atoms with Gasteiger partial charge in [-0.3, -0.25) is 0 Å². The van der Waals surface area contributed by atoms with Gasteiger partial charge >= 0.3 is 6.18 Å². The molecule has 0 radical (unpaired) electrons. The Morgan fingerprint density at radius 1 is 1.29 bits per heavy atom. The van der Waals surface area contributed by atoms with Gasteiger partial charge in [0.1, 0.15) is 0 Å². The topological polar surface area (TPSA) is 29.3 Å². The zero-order valence-electron chi connectivity index (χ0n) is 12.4. The van der Waals surface area contributed by atoms with Crippen LogP contribution in [0.4, 0.5) is 13.2 Å². The summed E-state index contributed by atoms with van der Waals surface area (Å²) >= 11 is 0. The molecule has 5 heteroatoms. The predicted octanol–water partition coefficient (Wildman–Crippen LogP) is 3.83. The van der Waals surface area contributed by atoms with Crippen LogP contribution in [0.5, 0.6) is 0 Å². The van der Waals surface area contributed by atoms with Crippen molar-refractivity contribution in [2.24, 2.45) is 11.7 Å². The maximum atomic E-state index is 13.0. The van der Waals surface area contributed by atoms with Crippen LogP contribution in [0.3, 0.4) is 0 Å². The summed E-state index contributed by atoms with van der Waals surface area (Å²) in [6.45, 7) is 4.40. The van der Waals surface area contributed by atoms with E-state index in [0.29, 0.717) is 12.5 Å². The Morgan fingerprint density at radius 2 is 1.95 bits per heavy atom. The Bertz CT molecular complexity index is 455. The van der Waals surface area contributed by atoms with Crippen LogP contribution in [-0.2, 0) is 6.18 Å². The Kier molecular flexibility index (Phi) is 5.27. The van der Waals surface area contributed by atoms with Gasteiger partial charge in [-0.15, -0.1) is 0 Å². The second-order valence-electron chi connectivity index (χ2n) is 5.89. The molecule has 0 bridgehead atoms. The van der Waals surface area contributed by atoms with Crippen LogP contribution in [-0.4, -0.2) is 24.5 Å². The van der Waals surface area contributed by atoms with Crippen molar-refractivity contribution in [3.8, 4) is 0 Å². The van der Waals surface area contributed by atoms with Crippen molar-refractivity contribution >= 4 is 0 Å². The normalized spacial score (nSPS) is 17.2. The summed E-state index contributed by atoms with van der Waals surface area (Å²) in [4.78, 5) is 2.20. The second-order valence-corrected chi connectivity index (χ2v) is 5.89. The molecular formula is C16H23F3N2. The molecule has 2 nitrogen and oxygen atoms in total. The van der Waals surface area contributed by atoms with Crippen LogP contribution < -0.4 is 5.73 Å². The molecule has 0 amide bonds. The molecule has 1 aromatic rings. The van der Waals surface area contributed by atoms with E-state index in [2.05, 4.69) is 11.8 Å². The van der Waals surface area contributed by atoms with Gasteiger partial charge in [-0.2, -0.15) is 13.2 Å². The van der Waals surface area contributed by atoms with Crippen LogP contribution in [0.15, 0.2) is 24.3 Å². The lowest BCUT2D eigenvalue weighted by molar-refractivity contribution is -0.138. The van der Waals surface area contributed by atoms with Crippen molar-refractivity contribution in [1.82, 2.24) is 4.90 Å². The molecule has 1 fully saturated rings. The molecule has 0 heterocycles. The summed E-state index contributed by atoms with van der Waals surface area (Å²) in [6.07, 6.45) is -0.899. The molecule has 0 aliphatic heterocycles. The number of nitrogens with two attached hydrogens (primary N) is 1. The maximum Gasteiger partial charge on any atom is 0.416 e. The molecule has 1 atom stereocenters. The summed E-state index contributed by atoms with van der Waals surface area (Å²) in [7, 11) is 0. The first-order valence-electron chi connectivity index (χ1n) is 7.56. The second kappa shape index (κ2) is 6.79. The van der Waals surface area contributed by atoms with Crippen molar-refractivity contribution in [3.05, 3.63) is 35.4 Å². The van der Waals surface area contributed by atoms with Gasteiger partial charge in [0.05, 0.1) is 5.56 Å². The molecule has 1 aliphatic rings. The molecule has 21 heavy (non-hydrogen) atoms. The molecular weight excluding hydrogens is 277 g/mol. The quantitative estimate of drug-likeness (QED) is 0.829. The first-order valence-corrected chi connectivity index (χ1v) is 7.56.